The second kappa shape index (κ2) is 33.4. The lowest BCUT2D eigenvalue weighted by molar-refractivity contribution is -0.287. The number of cyclic esters (lactones) is 1. The van der Waals surface area contributed by atoms with Gasteiger partial charge in [0.15, 0.2) is 0 Å². The van der Waals surface area contributed by atoms with Crippen molar-refractivity contribution < 1.29 is 66.6 Å². The van der Waals surface area contributed by atoms with E-state index in [0.717, 1.165) is 77.0 Å². The van der Waals surface area contributed by atoms with Crippen LogP contribution < -0.4 is 15.4 Å². The number of aliphatic hydroxyl groups is 2. The highest BCUT2D eigenvalue weighted by atomic mass is 35.5. The first-order chi connectivity index (χ1) is 44.3. The van der Waals surface area contributed by atoms with Crippen molar-refractivity contribution in [2.24, 2.45) is 23.7 Å². The summed E-state index contributed by atoms with van der Waals surface area (Å²) in [6.45, 7) is 8.79. The molecule has 5 aromatic rings. The number of carbonyl (C=O) groups is 4. The van der Waals surface area contributed by atoms with Crippen LogP contribution in [0.2, 0.25) is 5.02 Å². The third-order valence-corrected chi connectivity index (χ3v) is 20.0. The van der Waals surface area contributed by atoms with Crippen molar-refractivity contribution in [1.29, 1.82) is 0 Å². The number of hydrogen-bond acceptors (Lipinski definition) is 18. The molecule has 21 heteroatoms. The summed E-state index contributed by atoms with van der Waals surface area (Å²) in [4.78, 5) is 68.4. The number of ether oxygens (including phenoxy) is 6. The highest BCUT2D eigenvalue weighted by Crippen LogP contribution is 2.40. The fraction of sp³-hybridized carbons (Fsp3) is 0.549. The first-order valence-corrected chi connectivity index (χ1v) is 34.0. The van der Waals surface area contributed by atoms with Crippen molar-refractivity contribution in [3.05, 3.63) is 125 Å². The lowest BCUT2D eigenvalue weighted by Crippen LogP contribution is -2.63. The smallest absolute Gasteiger partial charge is 0.329 e. The Hall–Kier alpha value is -6.07. The molecule has 18 nitrogen and oxygen atoms in total. The molecule has 0 unspecified atom stereocenters. The maximum absolute atomic E-state index is 14.7. The number of anilines is 2. The van der Waals surface area contributed by atoms with E-state index >= 15 is 0 Å². The van der Waals surface area contributed by atoms with Gasteiger partial charge in [-0.25, -0.2) is 19.2 Å². The molecule has 0 radical (unpaired) electrons. The summed E-state index contributed by atoms with van der Waals surface area (Å²) in [6, 6.07) is 20.2. The minimum atomic E-state index is -2.47. The Morgan fingerprint density at radius 1 is 0.902 bits per heavy atom. The number of amides is 1. The van der Waals surface area contributed by atoms with Gasteiger partial charge in [-0.05, 0) is 174 Å². The molecule has 2 bridgehead atoms. The Kier molecular flexibility index (Phi) is 25.5. The van der Waals surface area contributed by atoms with E-state index in [9.17, 15) is 33.8 Å². The zero-order valence-electron chi connectivity index (χ0n) is 54.0. The van der Waals surface area contributed by atoms with Gasteiger partial charge in [-0.15, -0.1) is 0 Å². The molecule has 2 saturated heterocycles. The number of aromatic nitrogens is 2. The third-order valence-electron chi connectivity index (χ3n) is 18.7. The van der Waals surface area contributed by atoms with E-state index < -0.39 is 71.7 Å². The molecule has 1 amide bonds. The molecule has 498 valence electrons. The number of Topliss-reactive ketones (excluding diaryl/α,β-unsaturated/α-hetero) is 2. The molecule has 2 aromatic heterocycles. The molecule has 9 rings (SSSR count). The number of methoxy groups -OCH3 is 3. The highest BCUT2D eigenvalue weighted by Gasteiger charge is 2.55. The molecule has 3 fully saturated rings. The van der Waals surface area contributed by atoms with Crippen LogP contribution in [0.15, 0.2) is 107 Å². The Morgan fingerprint density at radius 2 is 1.73 bits per heavy atom. The lowest BCUT2D eigenvalue weighted by Gasteiger charge is -2.45. The average molecular weight is 1310 g/mol. The number of nitrogens with one attached hydrogen (secondary N) is 2. The van der Waals surface area contributed by atoms with Gasteiger partial charge in [0.05, 0.1) is 47.6 Å². The predicted molar refractivity (Wildman–Crippen MR) is 353 cm³/mol. The summed E-state index contributed by atoms with van der Waals surface area (Å²) in [5.41, 5.74) is 4.62. The number of ketones is 2. The number of esters is 1. The number of benzene rings is 3. The van der Waals surface area contributed by atoms with Crippen LogP contribution in [-0.2, 0) is 56.0 Å². The van der Waals surface area contributed by atoms with E-state index in [1.54, 1.807) is 71.2 Å². The third kappa shape index (κ3) is 18.2. The summed E-state index contributed by atoms with van der Waals surface area (Å²) in [5.74, 6) is -3.65. The van der Waals surface area contributed by atoms with E-state index in [0.29, 0.717) is 85.2 Å². The Morgan fingerprint density at radius 3 is 2.51 bits per heavy atom. The van der Waals surface area contributed by atoms with Crippen LogP contribution in [0.25, 0.3) is 22.2 Å². The zero-order chi connectivity index (χ0) is 65.5. The average Bonchev–Trinajstić information content (AvgIpc) is 0.875. The lowest BCUT2D eigenvalue weighted by atomic mass is 9.82. The number of nitrogens with zero attached hydrogens (tertiary/aromatic N) is 3. The van der Waals surface area contributed by atoms with Gasteiger partial charge in [-0.3, -0.25) is 14.4 Å². The van der Waals surface area contributed by atoms with Crippen molar-refractivity contribution >= 4 is 69.2 Å². The van der Waals surface area contributed by atoms with Crippen LogP contribution in [0.3, 0.4) is 0 Å². The fourth-order valence-electron chi connectivity index (χ4n) is 13.3. The van der Waals surface area contributed by atoms with E-state index in [2.05, 4.69) is 26.7 Å². The van der Waals surface area contributed by atoms with Crippen LogP contribution >= 0.6 is 23.4 Å². The molecule has 1 aliphatic carbocycles. The van der Waals surface area contributed by atoms with E-state index in [1.165, 1.54) is 23.4 Å². The number of hydrogen-bond donors (Lipinski definition) is 4. The summed E-state index contributed by atoms with van der Waals surface area (Å²) in [6.07, 6.45) is 9.51. The summed E-state index contributed by atoms with van der Waals surface area (Å²) in [5, 5.41) is 32.3. The van der Waals surface area contributed by atoms with Gasteiger partial charge in [0.2, 0.25) is 5.79 Å². The van der Waals surface area contributed by atoms with E-state index in [-0.39, 0.29) is 62.1 Å². The van der Waals surface area contributed by atoms with Gasteiger partial charge in [0.1, 0.15) is 59.8 Å². The van der Waals surface area contributed by atoms with E-state index in [1.807, 2.05) is 56.3 Å². The molecule has 3 aromatic carbocycles. The summed E-state index contributed by atoms with van der Waals surface area (Å²) in [7, 11) is 4.89. The standard InChI is InChI=1S/C71H91ClFN5O13S/c1-43-31-49(15-12-29-92-30-27-74-40-55-22-25-62(89-55)50-19-23-58-56(37-50)68(76-42-75-58)77-52-20-24-63(57(72)38-52)88-41-48-14-10-16-51(73)35-48)61(80)39-60(79)46(4)66(44(2)33-47-13-11-17-53(36-47)85-5)90-70(83)59-18-8-9-28-78(59)69(82)67(81)71(84)45(3)34-65(87-7)64(91-71)26-21-54(32-43)86-6/h10,14,16,19-20,22-25,31,33,35,37-38,42,45-47,49,53-54,59-60,64-66,74,79,84H,8-9,11-13,15,17-18,21,26-30,32,34,36,39-41H2,1-7H3,(H,75,76,77)/b43-31+,44-33+/t45-,46-,47+,49-,53+,54-,59+,60+,64-,65+,66-,71-/m1/s1. The Labute approximate surface area is 549 Å². The maximum atomic E-state index is 14.7. The first-order valence-electron chi connectivity index (χ1n) is 32.5. The number of furan rings is 1. The molecule has 92 heavy (non-hydrogen) atoms. The quantitative estimate of drug-likeness (QED) is 0.0246. The monoisotopic (exact) mass is 1310 g/mol. The number of rotatable bonds is 20. The van der Waals surface area contributed by atoms with Crippen LogP contribution in [0.5, 0.6) is 5.75 Å². The van der Waals surface area contributed by atoms with Crippen LogP contribution in [-0.4, -0.2) is 143 Å². The van der Waals surface area contributed by atoms with Gasteiger partial charge in [0.25, 0.3) is 11.7 Å². The SMILES string of the molecule is CO[C@@H]1CC[C@H]2O[C@@](O)(C(=O)C(=O)N3CCCC[C@H]3C(=O)O[C@H](/C(C)=C/[C@@H]3CCC[C@H](OC)C3)[C@H](C)[C@@H](O)CC(=O)[C@H](CCCSCCNCc3ccc(-c4ccc5ncnc(Nc6ccc(OCc7cccc(F)c7)c(Cl)c6)c5c4)o3)/C=C(\C)C1)[C@H](C)C[C@@H]2OC. The predicted octanol–water partition coefficient (Wildman–Crippen LogP) is 12.5. The number of carbonyl (C=O) groups excluding carboxylic acids is 4. The number of fused-ring (bicyclic) bond motifs is 4. The number of thioether (sulfide) groups is 1. The Balaban J connectivity index is 0.836. The van der Waals surface area contributed by atoms with Gasteiger partial charge in [0, 0.05) is 81.0 Å². The summed E-state index contributed by atoms with van der Waals surface area (Å²) >= 11 is 8.40. The Bertz CT molecular complexity index is 3380. The van der Waals surface area contributed by atoms with E-state index in [4.69, 9.17) is 44.4 Å². The topological polar surface area (TPSA) is 230 Å². The molecular weight excluding hydrogens is 1220 g/mol. The number of aliphatic hydroxyl groups excluding tert-OH is 1. The van der Waals surface area contributed by atoms with Crippen LogP contribution in [0, 0.1) is 29.5 Å². The van der Waals surface area contributed by atoms with Crippen molar-refractivity contribution in [1.82, 2.24) is 20.2 Å². The zero-order valence-corrected chi connectivity index (χ0v) is 55.6. The molecule has 4 N–H and O–H groups in total. The molecule has 3 aliphatic heterocycles. The number of allylic oxidation sites excluding steroid dienone is 2. The van der Waals surface area contributed by atoms with Gasteiger partial charge in [-0.1, -0.05) is 61.7 Å². The molecule has 4 aliphatic rings. The number of halogens is 2. The highest BCUT2D eigenvalue weighted by molar-refractivity contribution is 7.99. The van der Waals surface area contributed by atoms with Crippen LogP contribution in [0.1, 0.15) is 129 Å². The normalized spacial score (nSPS) is 28.2. The fourth-order valence-corrected chi connectivity index (χ4v) is 14.4. The minimum Gasteiger partial charge on any atom is -0.487 e. The summed E-state index contributed by atoms with van der Waals surface area (Å²) < 4.78 is 56.2. The molecule has 5 heterocycles. The minimum absolute atomic E-state index is 0.0829. The molecule has 1 saturated carbocycles. The van der Waals surface area contributed by atoms with Crippen molar-refractivity contribution in [3.63, 3.8) is 0 Å². The van der Waals surface area contributed by atoms with Crippen LogP contribution in [0.4, 0.5) is 15.9 Å². The molecular formula is C71H91ClFN5O13S. The molecule has 12 atom stereocenters. The van der Waals surface area contributed by atoms with Gasteiger partial charge >= 0.3 is 5.97 Å². The maximum Gasteiger partial charge on any atom is 0.329 e. The van der Waals surface area contributed by atoms with Crippen molar-refractivity contribution in [3.8, 4) is 17.1 Å². The van der Waals surface area contributed by atoms with Crippen molar-refractivity contribution in [2.75, 3.05) is 51.2 Å². The second-order valence-corrected chi connectivity index (χ2v) is 27.0. The second-order valence-electron chi connectivity index (χ2n) is 25.4. The largest absolute Gasteiger partial charge is 0.487 e. The van der Waals surface area contributed by atoms with Crippen molar-refractivity contribution in [2.45, 2.75) is 179 Å². The first kappa shape index (κ1) is 70.3. The molecule has 0 spiro atoms. The van der Waals surface area contributed by atoms with Gasteiger partial charge in [-0.2, -0.15) is 11.8 Å². The van der Waals surface area contributed by atoms with Gasteiger partial charge < -0.3 is 58.6 Å². The number of piperidine rings is 1.